The molecule has 4 rings (SSSR count). The molecule has 0 unspecified atom stereocenters. The van der Waals surface area contributed by atoms with Crippen molar-refractivity contribution >= 4 is 28.1 Å². The van der Waals surface area contributed by atoms with Gasteiger partial charge in [-0.3, -0.25) is 4.79 Å². The fourth-order valence-electron chi connectivity index (χ4n) is 2.79. The van der Waals surface area contributed by atoms with E-state index in [2.05, 4.69) is 33.0 Å². The maximum Gasteiger partial charge on any atom is 0.255 e. The lowest BCUT2D eigenvalue weighted by molar-refractivity contribution is 0.102. The number of amides is 1. The van der Waals surface area contributed by atoms with E-state index in [9.17, 15) is 4.79 Å². The van der Waals surface area contributed by atoms with Gasteiger partial charge in [0.25, 0.3) is 5.91 Å². The molecule has 0 radical (unpaired) electrons. The summed E-state index contributed by atoms with van der Waals surface area (Å²) in [6.45, 7) is 2.70. The second-order valence-electron chi connectivity index (χ2n) is 6.65. The van der Waals surface area contributed by atoms with Gasteiger partial charge in [0, 0.05) is 23.4 Å². The Kier molecular flexibility index (Phi) is 5.63. The van der Waals surface area contributed by atoms with Crippen LogP contribution in [0.5, 0.6) is 0 Å². The summed E-state index contributed by atoms with van der Waals surface area (Å²) >= 11 is 1.50. The monoisotopic (exact) mass is 400 g/mol. The first-order valence-electron chi connectivity index (χ1n) is 9.27. The van der Waals surface area contributed by atoms with Gasteiger partial charge in [-0.05, 0) is 48.9 Å². The lowest BCUT2D eigenvalue weighted by Crippen LogP contribution is -2.11. The van der Waals surface area contributed by atoms with Crippen LogP contribution in [0.3, 0.4) is 0 Å². The maximum absolute atomic E-state index is 12.3. The van der Waals surface area contributed by atoms with Gasteiger partial charge in [0.15, 0.2) is 0 Å². The van der Waals surface area contributed by atoms with E-state index in [1.54, 1.807) is 0 Å². The first-order valence-corrected chi connectivity index (χ1v) is 10.1. The second kappa shape index (κ2) is 8.67. The molecule has 0 saturated carbocycles. The van der Waals surface area contributed by atoms with Crippen LogP contribution in [0.4, 0.5) is 10.8 Å². The molecule has 0 bridgehead atoms. The van der Waals surface area contributed by atoms with Crippen molar-refractivity contribution in [1.82, 2.24) is 10.2 Å². The van der Waals surface area contributed by atoms with E-state index in [-0.39, 0.29) is 5.91 Å². The molecule has 1 aromatic heterocycles. The Bertz CT molecular complexity index is 1090. The summed E-state index contributed by atoms with van der Waals surface area (Å²) in [5.41, 5.74) is 4.66. The molecular formula is C23H20N4OS. The first-order chi connectivity index (χ1) is 14.2. The average Bonchev–Trinajstić information content (AvgIpc) is 3.23. The minimum absolute atomic E-state index is 0.124. The SMILES string of the molecule is Cc1ccc(C(=O)Nc2ccc(-c3nnc(NCc4ccccc4)s3)cc2)cc1. The molecule has 2 N–H and O–H groups in total. The number of carbonyl (C=O) groups is 1. The van der Waals surface area contributed by atoms with E-state index in [0.717, 1.165) is 27.0 Å². The minimum atomic E-state index is -0.124. The molecule has 144 valence electrons. The van der Waals surface area contributed by atoms with Gasteiger partial charge in [0.1, 0.15) is 5.01 Å². The topological polar surface area (TPSA) is 66.9 Å². The van der Waals surface area contributed by atoms with Gasteiger partial charge >= 0.3 is 0 Å². The van der Waals surface area contributed by atoms with Crippen LogP contribution in [-0.4, -0.2) is 16.1 Å². The zero-order chi connectivity index (χ0) is 20.1. The van der Waals surface area contributed by atoms with Gasteiger partial charge in [-0.25, -0.2) is 0 Å². The van der Waals surface area contributed by atoms with E-state index >= 15 is 0 Å². The minimum Gasteiger partial charge on any atom is -0.356 e. The fraction of sp³-hybridized carbons (Fsp3) is 0.0870. The van der Waals surface area contributed by atoms with E-state index in [0.29, 0.717) is 12.1 Å². The number of hydrogen-bond donors (Lipinski definition) is 2. The number of benzene rings is 3. The largest absolute Gasteiger partial charge is 0.356 e. The van der Waals surface area contributed by atoms with Gasteiger partial charge in [0.05, 0.1) is 0 Å². The predicted molar refractivity (Wildman–Crippen MR) is 118 cm³/mol. The Hall–Kier alpha value is -3.51. The van der Waals surface area contributed by atoms with Crippen LogP contribution in [-0.2, 0) is 6.54 Å². The van der Waals surface area contributed by atoms with Crippen molar-refractivity contribution in [2.75, 3.05) is 10.6 Å². The molecule has 5 nitrogen and oxygen atoms in total. The van der Waals surface area contributed by atoms with Gasteiger partial charge in [-0.1, -0.05) is 59.4 Å². The lowest BCUT2D eigenvalue weighted by Gasteiger charge is -2.06. The van der Waals surface area contributed by atoms with Crippen molar-refractivity contribution in [1.29, 1.82) is 0 Å². The van der Waals surface area contributed by atoms with Crippen molar-refractivity contribution in [3.05, 3.63) is 95.6 Å². The molecule has 0 aliphatic rings. The van der Waals surface area contributed by atoms with Crippen LogP contribution in [0.15, 0.2) is 78.9 Å². The summed E-state index contributed by atoms with van der Waals surface area (Å²) in [5.74, 6) is -0.124. The molecule has 0 fully saturated rings. The number of aromatic nitrogens is 2. The summed E-state index contributed by atoms with van der Waals surface area (Å²) in [6.07, 6.45) is 0. The highest BCUT2D eigenvalue weighted by Crippen LogP contribution is 2.27. The highest BCUT2D eigenvalue weighted by molar-refractivity contribution is 7.18. The molecule has 4 aromatic rings. The Labute approximate surface area is 173 Å². The summed E-state index contributed by atoms with van der Waals surface area (Å²) in [4.78, 5) is 12.3. The van der Waals surface area contributed by atoms with Crippen LogP contribution in [0.1, 0.15) is 21.5 Å². The van der Waals surface area contributed by atoms with Crippen LogP contribution in [0.25, 0.3) is 10.6 Å². The summed E-state index contributed by atoms with van der Waals surface area (Å²) in [7, 11) is 0. The molecule has 29 heavy (non-hydrogen) atoms. The number of nitrogens with one attached hydrogen (secondary N) is 2. The molecule has 0 aliphatic carbocycles. The molecular weight excluding hydrogens is 380 g/mol. The van der Waals surface area contributed by atoms with E-state index in [4.69, 9.17) is 0 Å². The third kappa shape index (κ3) is 4.86. The van der Waals surface area contributed by atoms with Crippen molar-refractivity contribution in [2.24, 2.45) is 0 Å². The number of nitrogens with zero attached hydrogens (tertiary/aromatic N) is 2. The molecule has 0 aliphatic heterocycles. The summed E-state index contributed by atoms with van der Waals surface area (Å²) in [6, 6.07) is 25.3. The number of hydrogen-bond acceptors (Lipinski definition) is 5. The molecule has 1 heterocycles. The molecule has 0 saturated heterocycles. The van der Waals surface area contributed by atoms with Crippen molar-refractivity contribution in [3.63, 3.8) is 0 Å². The molecule has 3 aromatic carbocycles. The Morgan fingerprint density at radius 3 is 2.34 bits per heavy atom. The Morgan fingerprint density at radius 1 is 0.897 bits per heavy atom. The normalized spacial score (nSPS) is 10.5. The summed E-state index contributed by atoms with van der Waals surface area (Å²) in [5, 5.41) is 16.3. The van der Waals surface area contributed by atoms with E-state index in [1.165, 1.54) is 16.9 Å². The van der Waals surface area contributed by atoms with Crippen LogP contribution < -0.4 is 10.6 Å². The van der Waals surface area contributed by atoms with Crippen molar-refractivity contribution < 1.29 is 4.79 Å². The number of rotatable bonds is 6. The number of anilines is 2. The van der Waals surface area contributed by atoms with Gasteiger partial charge < -0.3 is 10.6 Å². The Morgan fingerprint density at radius 2 is 1.62 bits per heavy atom. The number of aryl methyl sites for hydroxylation is 1. The molecule has 0 spiro atoms. The standard InChI is InChI=1S/C23H20N4OS/c1-16-7-9-18(10-8-16)21(28)25-20-13-11-19(12-14-20)22-26-27-23(29-22)24-15-17-5-3-2-4-6-17/h2-14H,15H2,1H3,(H,24,27)(H,25,28). The molecule has 0 atom stereocenters. The van der Waals surface area contributed by atoms with Crippen LogP contribution in [0, 0.1) is 6.92 Å². The lowest BCUT2D eigenvalue weighted by atomic mass is 10.1. The van der Waals surface area contributed by atoms with Gasteiger partial charge in [0.2, 0.25) is 5.13 Å². The quantitative estimate of drug-likeness (QED) is 0.456. The van der Waals surface area contributed by atoms with Crippen LogP contribution in [0.2, 0.25) is 0 Å². The maximum atomic E-state index is 12.3. The fourth-order valence-corrected chi connectivity index (χ4v) is 3.53. The van der Waals surface area contributed by atoms with Crippen molar-refractivity contribution in [2.45, 2.75) is 13.5 Å². The number of carbonyl (C=O) groups excluding carboxylic acids is 1. The van der Waals surface area contributed by atoms with Crippen molar-refractivity contribution in [3.8, 4) is 10.6 Å². The highest BCUT2D eigenvalue weighted by atomic mass is 32.1. The second-order valence-corrected chi connectivity index (χ2v) is 7.63. The predicted octanol–water partition coefficient (Wildman–Crippen LogP) is 5.38. The van der Waals surface area contributed by atoms with Gasteiger partial charge in [-0.15, -0.1) is 10.2 Å². The average molecular weight is 401 g/mol. The highest BCUT2D eigenvalue weighted by Gasteiger charge is 2.09. The third-order valence-electron chi connectivity index (χ3n) is 4.42. The Balaban J connectivity index is 1.38. The smallest absolute Gasteiger partial charge is 0.255 e. The first kappa shape index (κ1) is 18.8. The van der Waals surface area contributed by atoms with E-state index in [1.807, 2.05) is 73.7 Å². The zero-order valence-electron chi connectivity index (χ0n) is 15.9. The zero-order valence-corrected chi connectivity index (χ0v) is 16.7. The van der Waals surface area contributed by atoms with Crippen LogP contribution >= 0.6 is 11.3 Å². The third-order valence-corrected chi connectivity index (χ3v) is 5.35. The summed E-state index contributed by atoms with van der Waals surface area (Å²) < 4.78 is 0. The molecule has 1 amide bonds. The molecule has 6 heteroatoms. The van der Waals surface area contributed by atoms with E-state index < -0.39 is 0 Å². The van der Waals surface area contributed by atoms with Gasteiger partial charge in [-0.2, -0.15) is 0 Å².